The van der Waals surface area contributed by atoms with Gasteiger partial charge in [-0.05, 0) is 11.5 Å². The van der Waals surface area contributed by atoms with Gasteiger partial charge in [-0.2, -0.15) is 0 Å². The van der Waals surface area contributed by atoms with Crippen LogP contribution in [0.3, 0.4) is 0 Å². The molecule has 0 amide bonds. The van der Waals surface area contributed by atoms with Crippen LogP contribution in [-0.4, -0.2) is 26.3 Å². The first-order valence-electron chi connectivity index (χ1n) is 6.10. The second-order valence-corrected chi connectivity index (χ2v) is 5.34. The van der Waals surface area contributed by atoms with Crippen LogP contribution in [0, 0.1) is 5.41 Å². The molecule has 0 unspecified atom stereocenters. The molecular weight excluding hydrogens is 262 g/mol. The zero-order valence-corrected chi connectivity index (χ0v) is 11.2. The highest BCUT2D eigenvalue weighted by Gasteiger charge is 2.25. The molecule has 106 valence electrons. The van der Waals surface area contributed by atoms with Gasteiger partial charge in [0.25, 0.3) is 5.89 Å². The van der Waals surface area contributed by atoms with Crippen LogP contribution in [0.5, 0.6) is 0 Å². The summed E-state index contributed by atoms with van der Waals surface area (Å²) in [6.07, 6.45) is 0.357. The van der Waals surface area contributed by atoms with Gasteiger partial charge in [0.2, 0.25) is 11.4 Å². The van der Waals surface area contributed by atoms with Gasteiger partial charge in [-0.15, -0.1) is 10.2 Å². The first-order valence-corrected chi connectivity index (χ1v) is 6.10. The number of aromatic amines is 1. The number of rotatable bonds is 5. The van der Waals surface area contributed by atoms with Crippen LogP contribution in [0.2, 0.25) is 0 Å². The highest BCUT2D eigenvalue weighted by molar-refractivity contribution is 5.67. The molecule has 2 heterocycles. The van der Waals surface area contributed by atoms with Gasteiger partial charge in [-0.25, -0.2) is 0 Å². The van der Waals surface area contributed by atoms with Crippen molar-refractivity contribution in [3.05, 3.63) is 34.4 Å². The predicted molar refractivity (Wildman–Crippen MR) is 70.1 cm³/mol. The van der Waals surface area contributed by atoms with Crippen molar-refractivity contribution in [2.24, 2.45) is 5.41 Å². The lowest BCUT2D eigenvalue weighted by Crippen LogP contribution is -2.19. The van der Waals surface area contributed by atoms with Gasteiger partial charge >= 0.3 is 5.97 Å². The normalized spacial score (nSPS) is 11.5. The summed E-state index contributed by atoms with van der Waals surface area (Å²) in [5.74, 6) is -0.318. The van der Waals surface area contributed by atoms with E-state index in [1.54, 1.807) is 12.1 Å². The van der Waals surface area contributed by atoms with Crippen molar-refractivity contribution in [3.63, 3.8) is 0 Å². The van der Waals surface area contributed by atoms with Crippen molar-refractivity contribution < 1.29 is 14.3 Å². The fraction of sp³-hybridized carbons (Fsp3) is 0.385. The van der Waals surface area contributed by atoms with Crippen molar-refractivity contribution in [2.75, 3.05) is 0 Å². The van der Waals surface area contributed by atoms with E-state index in [1.807, 2.05) is 13.8 Å². The molecule has 20 heavy (non-hydrogen) atoms. The lowest BCUT2D eigenvalue weighted by atomic mass is 9.86. The molecule has 0 bridgehead atoms. The third kappa shape index (κ3) is 3.53. The molecule has 2 aromatic rings. The minimum atomic E-state index is -0.873. The summed E-state index contributed by atoms with van der Waals surface area (Å²) in [5, 5.41) is 16.6. The summed E-state index contributed by atoms with van der Waals surface area (Å²) >= 11 is 0. The average Bonchev–Trinajstić information content (AvgIpc) is 2.74. The van der Waals surface area contributed by atoms with Crippen LogP contribution in [-0.2, 0) is 11.2 Å². The maximum Gasteiger partial charge on any atom is 0.303 e. The number of pyridine rings is 1. The fourth-order valence-electron chi connectivity index (χ4n) is 1.89. The second kappa shape index (κ2) is 5.28. The summed E-state index contributed by atoms with van der Waals surface area (Å²) in [7, 11) is 0. The van der Waals surface area contributed by atoms with Crippen molar-refractivity contribution in [2.45, 2.75) is 26.7 Å². The summed E-state index contributed by atoms with van der Waals surface area (Å²) in [5.41, 5.74) is -0.305. The lowest BCUT2D eigenvalue weighted by Gasteiger charge is -2.19. The molecule has 0 atom stereocenters. The fourth-order valence-corrected chi connectivity index (χ4v) is 1.89. The topological polar surface area (TPSA) is 109 Å². The largest absolute Gasteiger partial charge is 0.481 e. The standard InChI is InChI=1S/C13H15N3O4/c1-13(2,7-11(18)19)6-10-15-16-12(20-10)8-4-3-5-9(17)14-8/h3-5H,6-7H2,1-2H3,(H,14,17)(H,18,19). The summed E-state index contributed by atoms with van der Waals surface area (Å²) < 4.78 is 5.46. The minimum absolute atomic E-state index is 0.00683. The average molecular weight is 277 g/mol. The number of hydrogen-bond donors (Lipinski definition) is 2. The molecule has 0 radical (unpaired) electrons. The van der Waals surface area contributed by atoms with Gasteiger partial charge in [0, 0.05) is 12.5 Å². The molecule has 0 spiro atoms. The molecular formula is C13H15N3O4. The first kappa shape index (κ1) is 14.0. The Hall–Kier alpha value is -2.44. The number of carboxylic acids is 1. The molecule has 0 saturated heterocycles. The molecule has 2 rings (SSSR count). The van der Waals surface area contributed by atoms with E-state index in [2.05, 4.69) is 15.2 Å². The zero-order chi connectivity index (χ0) is 14.8. The maximum atomic E-state index is 11.2. The van der Waals surface area contributed by atoms with E-state index in [0.717, 1.165) is 0 Å². The molecule has 0 aliphatic carbocycles. The third-order valence-corrected chi connectivity index (χ3v) is 2.73. The van der Waals surface area contributed by atoms with Crippen LogP contribution >= 0.6 is 0 Å². The molecule has 7 nitrogen and oxygen atoms in total. The Bertz CT molecular complexity index is 672. The Kier molecular flexibility index (Phi) is 3.69. The number of aliphatic carboxylic acids is 1. The maximum absolute atomic E-state index is 11.2. The SMILES string of the molecule is CC(C)(CC(=O)O)Cc1nnc(-c2cccc(=O)[nH]2)o1. The van der Waals surface area contributed by atoms with Crippen LogP contribution in [0.1, 0.15) is 26.2 Å². The van der Waals surface area contributed by atoms with Crippen molar-refractivity contribution in [1.82, 2.24) is 15.2 Å². The Balaban J connectivity index is 2.17. The van der Waals surface area contributed by atoms with E-state index in [0.29, 0.717) is 18.0 Å². The van der Waals surface area contributed by atoms with Gasteiger partial charge in [-0.1, -0.05) is 19.9 Å². The number of carboxylic acid groups (broad SMARTS) is 1. The van der Waals surface area contributed by atoms with E-state index in [4.69, 9.17) is 9.52 Å². The summed E-state index contributed by atoms with van der Waals surface area (Å²) in [6, 6.07) is 4.63. The number of hydrogen-bond acceptors (Lipinski definition) is 5. The van der Waals surface area contributed by atoms with Crippen molar-refractivity contribution in [1.29, 1.82) is 0 Å². The van der Waals surface area contributed by atoms with E-state index < -0.39 is 11.4 Å². The van der Waals surface area contributed by atoms with Crippen LogP contribution in [0.4, 0.5) is 0 Å². The highest BCUT2D eigenvalue weighted by atomic mass is 16.4. The summed E-state index contributed by atoms with van der Waals surface area (Å²) in [6.45, 7) is 3.63. The highest BCUT2D eigenvalue weighted by Crippen LogP contribution is 2.26. The number of nitrogens with one attached hydrogen (secondary N) is 1. The molecule has 2 N–H and O–H groups in total. The van der Waals surface area contributed by atoms with Crippen molar-refractivity contribution >= 4 is 5.97 Å². The number of H-pyrrole nitrogens is 1. The molecule has 0 fully saturated rings. The van der Waals surface area contributed by atoms with Gasteiger partial charge in [0.1, 0.15) is 5.69 Å². The minimum Gasteiger partial charge on any atom is -0.481 e. The second-order valence-electron chi connectivity index (χ2n) is 5.34. The van der Waals surface area contributed by atoms with Gasteiger partial charge in [0.05, 0.1) is 6.42 Å². The molecule has 7 heteroatoms. The van der Waals surface area contributed by atoms with Gasteiger partial charge < -0.3 is 14.5 Å². The lowest BCUT2D eigenvalue weighted by molar-refractivity contribution is -0.139. The van der Waals surface area contributed by atoms with Gasteiger partial charge in [-0.3, -0.25) is 9.59 Å². The van der Waals surface area contributed by atoms with E-state index in [9.17, 15) is 9.59 Å². The molecule has 0 saturated carbocycles. The third-order valence-electron chi connectivity index (χ3n) is 2.73. The molecule has 0 aromatic carbocycles. The quantitative estimate of drug-likeness (QED) is 0.856. The zero-order valence-electron chi connectivity index (χ0n) is 11.2. The monoisotopic (exact) mass is 277 g/mol. The Morgan fingerprint density at radius 1 is 1.40 bits per heavy atom. The van der Waals surface area contributed by atoms with Crippen LogP contribution in [0.15, 0.2) is 27.4 Å². The smallest absolute Gasteiger partial charge is 0.303 e. The Morgan fingerprint density at radius 3 is 2.80 bits per heavy atom. The number of aromatic nitrogens is 3. The van der Waals surface area contributed by atoms with Crippen LogP contribution < -0.4 is 5.56 Å². The number of carbonyl (C=O) groups is 1. The Morgan fingerprint density at radius 2 is 2.15 bits per heavy atom. The molecule has 0 aliphatic heterocycles. The van der Waals surface area contributed by atoms with Crippen LogP contribution in [0.25, 0.3) is 11.6 Å². The predicted octanol–water partition coefficient (Wildman–Crippen LogP) is 1.47. The molecule has 0 aliphatic rings. The number of nitrogens with zero attached hydrogens (tertiary/aromatic N) is 2. The van der Waals surface area contributed by atoms with E-state index in [-0.39, 0.29) is 17.9 Å². The first-order chi connectivity index (χ1) is 9.35. The van der Waals surface area contributed by atoms with Crippen molar-refractivity contribution in [3.8, 4) is 11.6 Å². The van der Waals surface area contributed by atoms with Gasteiger partial charge in [0.15, 0.2) is 0 Å². The van der Waals surface area contributed by atoms with E-state index >= 15 is 0 Å². The Labute approximate surface area is 114 Å². The summed E-state index contributed by atoms with van der Waals surface area (Å²) in [4.78, 5) is 24.6. The molecule has 2 aromatic heterocycles. The van der Waals surface area contributed by atoms with E-state index in [1.165, 1.54) is 6.07 Å².